The zero-order valence-corrected chi connectivity index (χ0v) is 7.43. The van der Waals surface area contributed by atoms with Gasteiger partial charge in [0.2, 0.25) is 0 Å². The number of ether oxygens (including phenoxy) is 1. The maximum absolute atomic E-state index is 5.58. The van der Waals surface area contributed by atoms with Crippen LogP contribution in [0.1, 0.15) is 6.92 Å². The first-order valence-corrected chi connectivity index (χ1v) is 3.84. The molecule has 0 aliphatic rings. The van der Waals surface area contributed by atoms with Crippen LogP contribution < -0.4 is 4.74 Å². The summed E-state index contributed by atoms with van der Waals surface area (Å²) in [4.78, 5) is 3.85. The van der Waals surface area contributed by atoms with E-state index in [0.717, 1.165) is 0 Å². The first-order chi connectivity index (χ1) is 5.83. The van der Waals surface area contributed by atoms with Gasteiger partial charge in [-0.15, -0.1) is 5.92 Å². The van der Waals surface area contributed by atoms with E-state index in [9.17, 15) is 0 Å². The minimum atomic E-state index is 0.389. The third kappa shape index (κ3) is 2.81. The third-order valence-electron chi connectivity index (χ3n) is 1.19. The molecule has 0 bridgehead atoms. The standard InChI is InChI=1S/C9H8ClNO/c1-2-3-6-12-8-4-5-9(10)11-7-8/h4-5,7H,6H2,1H3. The lowest BCUT2D eigenvalue weighted by molar-refractivity contribution is 0.368. The monoisotopic (exact) mass is 181 g/mol. The summed E-state index contributed by atoms with van der Waals surface area (Å²) < 4.78 is 5.21. The molecular weight excluding hydrogens is 174 g/mol. The van der Waals surface area contributed by atoms with Gasteiger partial charge in [-0.2, -0.15) is 0 Å². The molecule has 0 spiro atoms. The summed E-state index contributed by atoms with van der Waals surface area (Å²) in [6, 6.07) is 3.43. The van der Waals surface area contributed by atoms with Crippen molar-refractivity contribution in [2.75, 3.05) is 6.61 Å². The van der Waals surface area contributed by atoms with Crippen LogP contribution in [0.3, 0.4) is 0 Å². The van der Waals surface area contributed by atoms with Gasteiger partial charge in [-0.25, -0.2) is 4.98 Å². The molecule has 0 fully saturated rings. The highest BCUT2D eigenvalue weighted by atomic mass is 35.5. The second-order valence-corrected chi connectivity index (χ2v) is 2.42. The average molecular weight is 182 g/mol. The molecule has 0 amide bonds. The second kappa shape index (κ2) is 4.63. The molecule has 1 aromatic rings. The normalized spacial score (nSPS) is 8.50. The lowest BCUT2D eigenvalue weighted by Crippen LogP contribution is -1.93. The molecule has 1 rings (SSSR count). The molecule has 0 atom stereocenters. The molecule has 1 heterocycles. The van der Waals surface area contributed by atoms with Crippen LogP contribution in [0.5, 0.6) is 5.75 Å². The molecule has 3 heteroatoms. The Morgan fingerprint density at radius 2 is 2.42 bits per heavy atom. The highest BCUT2D eigenvalue weighted by Gasteiger charge is 1.91. The Kier molecular flexibility index (Phi) is 3.43. The average Bonchev–Trinajstić information content (AvgIpc) is 2.09. The molecule has 0 N–H and O–H groups in total. The van der Waals surface area contributed by atoms with E-state index in [1.54, 1.807) is 25.3 Å². The van der Waals surface area contributed by atoms with Gasteiger partial charge in [0.25, 0.3) is 0 Å². The van der Waals surface area contributed by atoms with Gasteiger partial charge in [0.15, 0.2) is 0 Å². The van der Waals surface area contributed by atoms with Crippen molar-refractivity contribution in [3.63, 3.8) is 0 Å². The fourth-order valence-electron chi connectivity index (χ4n) is 0.639. The predicted molar refractivity (Wildman–Crippen MR) is 48.2 cm³/mol. The third-order valence-corrected chi connectivity index (χ3v) is 1.41. The lowest BCUT2D eigenvalue weighted by Gasteiger charge is -1.99. The molecule has 0 aliphatic heterocycles. The van der Waals surface area contributed by atoms with E-state index >= 15 is 0 Å². The van der Waals surface area contributed by atoms with Gasteiger partial charge >= 0.3 is 0 Å². The van der Waals surface area contributed by atoms with Crippen LogP contribution in [-0.4, -0.2) is 11.6 Å². The van der Waals surface area contributed by atoms with Crippen LogP contribution in [0.15, 0.2) is 18.3 Å². The van der Waals surface area contributed by atoms with Gasteiger partial charge in [0.05, 0.1) is 6.20 Å². The Bertz CT molecular complexity index is 297. The highest BCUT2D eigenvalue weighted by molar-refractivity contribution is 6.29. The molecule has 0 aliphatic carbocycles. The lowest BCUT2D eigenvalue weighted by atomic mass is 10.5. The topological polar surface area (TPSA) is 22.1 Å². The van der Waals surface area contributed by atoms with Crippen LogP contribution >= 0.6 is 11.6 Å². The minimum absolute atomic E-state index is 0.389. The van der Waals surface area contributed by atoms with E-state index in [1.165, 1.54) is 0 Å². The minimum Gasteiger partial charge on any atom is -0.479 e. The molecule has 0 aromatic carbocycles. The van der Waals surface area contributed by atoms with E-state index in [2.05, 4.69) is 16.8 Å². The van der Waals surface area contributed by atoms with Gasteiger partial charge in [-0.3, -0.25) is 0 Å². The van der Waals surface area contributed by atoms with Crippen molar-refractivity contribution in [1.29, 1.82) is 0 Å². The van der Waals surface area contributed by atoms with Crippen molar-refractivity contribution < 1.29 is 4.74 Å². The number of nitrogens with zero attached hydrogens (tertiary/aromatic N) is 1. The SMILES string of the molecule is CC#CCOc1ccc(Cl)nc1. The molecule has 12 heavy (non-hydrogen) atoms. The van der Waals surface area contributed by atoms with E-state index < -0.39 is 0 Å². The van der Waals surface area contributed by atoms with Gasteiger partial charge < -0.3 is 4.74 Å². The summed E-state index contributed by atoms with van der Waals surface area (Å²) in [6.07, 6.45) is 1.57. The van der Waals surface area contributed by atoms with E-state index in [4.69, 9.17) is 16.3 Å². The summed E-state index contributed by atoms with van der Waals surface area (Å²) in [6.45, 7) is 2.16. The summed E-state index contributed by atoms with van der Waals surface area (Å²) in [5.41, 5.74) is 0. The predicted octanol–water partition coefficient (Wildman–Crippen LogP) is 2.14. The van der Waals surface area contributed by atoms with Gasteiger partial charge in [0, 0.05) is 0 Å². The van der Waals surface area contributed by atoms with Crippen LogP contribution in [0, 0.1) is 11.8 Å². The molecule has 0 unspecified atom stereocenters. The smallest absolute Gasteiger partial charge is 0.149 e. The molecule has 0 radical (unpaired) electrons. The number of hydrogen-bond donors (Lipinski definition) is 0. The fourth-order valence-corrected chi connectivity index (χ4v) is 0.751. The number of hydrogen-bond acceptors (Lipinski definition) is 2. The number of aromatic nitrogens is 1. The molecular formula is C9H8ClNO. The van der Waals surface area contributed by atoms with Gasteiger partial charge in [-0.05, 0) is 19.1 Å². The zero-order valence-electron chi connectivity index (χ0n) is 6.67. The molecule has 2 nitrogen and oxygen atoms in total. The molecule has 0 saturated carbocycles. The second-order valence-electron chi connectivity index (χ2n) is 2.03. The zero-order chi connectivity index (χ0) is 8.81. The summed E-state index contributed by atoms with van der Waals surface area (Å²) in [7, 11) is 0. The number of pyridine rings is 1. The Balaban J connectivity index is 2.51. The molecule has 0 saturated heterocycles. The van der Waals surface area contributed by atoms with E-state index in [1.807, 2.05) is 0 Å². The van der Waals surface area contributed by atoms with Crippen molar-refractivity contribution in [1.82, 2.24) is 4.98 Å². The van der Waals surface area contributed by atoms with Crippen LogP contribution in [0.2, 0.25) is 5.15 Å². The quantitative estimate of drug-likeness (QED) is 0.515. The first-order valence-electron chi connectivity index (χ1n) is 3.47. The Morgan fingerprint density at radius 3 is 3.00 bits per heavy atom. The van der Waals surface area contributed by atoms with Crippen LogP contribution in [0.4, 0.5) is 0 Å². The van der Waals surface area contributed by atoms with E-state index in [0.29, 0.717) is 17.5 Å². The van der Waals surface area contributed by atoms with Crippen molar-refractivity contribution in [3.05, 3.63) is 23.5 Å². The Morgan fingerprint density at radius 1 is 1.58 bits per heavy atom. The molecule has 62 valence electrons. The number of rotatable bonds is 2. The van der Waals surface area contributed by atoms with E-state index in [-0.39, 0.29) is 0 Å². The first kappa shape index (κ1) is 8.89. The Labute approximate surface area is 76.5 Å². The number of halogens is 1. The summed E-state index contributed by atoms with van der Waals surface area (Å²) in [5, 5.41) is 0.462. The van der Waals surface area contributed by atoms with Crippen LogP contribution in [-0.2, 0) is 0 Å². The van der Waals surface area contributed by atoms with Crippen molar-refractivity contribution >= 4 is 11.6 Å². The van der Waals surface area contributed by atoms with Crippen molar-refractivity contribution in [2.24, 2.45) is 0 Å². The van der Waals surface area contributed by atoms with Crippen LogP contribution in [0.25, 0.3) is 0 Å². The van der Waals surface area contributed by atoms with Crippen molar-refractivity contribution in [2.45, 2.75) is 6.92 Å². The molecule has 1 aromatic heterocycles. The Hall–Kier alpha value is -1.20. The maximum Gasteiger partial charge on any atom is 0.149 e. The van der Waals surface area contributed by atoms with Gasteiger partial charge in [0.1, 0.15) is 17.5 Å². The van der Waals surface area contributed by atoms with Gasteiger partial charge in [-0.1, -0.05) is 17.5 Å². The highest BCUT2D eigenvalue weighted by Crippen LogP contribution is 2.11. The maximum atomic E-state index is 5.58. The summed E-state index contributed by atoms with van der Waals surface area (Å²) >= 11 is 5.58. The van der Waals surface area contributed by atoms with Crippen molar-refractivity contribution in [3.8, 4) is 17.6 Å². The largest absolute Gasteiger partial charge is 0.479 e. The fraction of sp³-hybridized carbons (Fsp3) is 0.222. The summed E-state index contributed by atoms with van der Waals surface area (Å²) in [5.74, 6) is 6.19.